The lowest BCUT2D eigenvalue weighted by molar-refractivity contribution is -0.384. The number of non-ortho nitro benzene ring substituents is 1. The van der Waals surface area contributed by atoms with Crippen LogP contribution in [0.15, 0.2) is 90.0 Å². The van der Waals surface area contributed by atoms with Gasteiger partial charge < -0.3 is 9.30 Å². The third-order valence-corrected chi connectivity index (χ3v) is 6.71. The Bertz CT molecular complexity index is 1480. The van der Waals surface area contributed by atoms with Crippen LogP contribution in [0.4, 0.5) is 10.5 Å². The van der Waals surface area contributed by atoms with Gasteiger partial charge in [0.15, 0.2) is 0 Å². The highest BCUT2D eigenvalue weighted by Gasteiger charge is 2.35. The molecule has 8 nitrogen and oxygen atoms in total. The van der Waals surface area contributed by atoms with Gasteiger partial charge in [0.25, 0.3) is 16.8 Å². The highest BCUT2D eigenvalue weighted by molar-refractivity contribution is 8.18. The third-order valence-electron chi connectivity index (χ3n) is 5.81. The molecule has 0 N–H and O–H groups in total. The number of para-hydroxylation sites is 1. The van der Waals surface area contributed by atoms with Crippen molar-refractivity contribution in [1.82, 2.24) is 9.47 Å². The molecule has 1 aromatic heterocycles. The molecule has 0 aliphatic carbocycles. The van der Waals surface area contributed by atoms with E-state index >= 15 is 0 Å². The number of carbonyl (C=O) groups excluding carboxylic acids is 2. The fourth-order valence-corrected chi connectivity index (χ4v) is 4.91. The van der Waals surface area contributed by atoms with Crippen LogP contribution in [0.2, 0.25) is 0 Å². The van der Waals surface area contributed by atoms with Crippen LogP contribution in [0.25, 0.3) is 17.0 Å². The van der Waals surface area contributed by atoms with E-state index in [0.29, 0.717) is 17.2 Å². The smallest absolute Gasteiger partial charge is 0.293 e. The van der Waals surface area contributed by atoms with Crippen molar-refractivity contribution in [3.8, 4) is 5.75 Å². The molecule has 1 aliphatic rings. The van der Waals surface area contributed by atoms with Gasteiger partial charge in [-0.05, 0) is 41.6 Å². The maximum Gasteiger partial charge on any atom is 0.293 e. The molecule has 4 aromatic rings. The summed E-state index contributed by atoms with van der Waals surface area (Å²) < 4.78 is 7.71. The lowest BCUT2D eigenvalue weighted by Crippen LogP contribution is -2.32. The monoisotopic (exact) mass is 499 g/mol. The Morgan fingerprint density at radius 1 is 0.944 bits per heavy atom. The second kappa shape index (κ2) is 10.1. The zero-order chi connectivity index (χ0) is 25.1. The van der Waals surface area contributed by atoms with Crippen LogP contribution in [0.1, 0.15) is 11.1 Å². The molecule has 1 saturated heterocycles. The normalized spacial score (nSPS) is 14.7. The number of aromatic nitrogens is 1. The number of nitro benzene ring substituents is 1. The molecular weight excluding hydrogens is 478 g/mol. The fraction of sp³-hybridized carbons (Fsp3) is 0.111. The number of hydrogen-bond donors (Lipinski definition) is 0. The predicted molar refractivity (Wildman–Crippen MR) is 139 cm³/mol. The minimum absolute atomic E-state index is 0.0384. The summed E-state index contributed by atoms with van der Waals surface area (Å²) in [7, 11) is 0. The molecule has 2 heterocycles. The highest BCUT2D eigenvalue weighted by atomic mass is 32.2. The first kappa shape index (κ1) is 23.4. The van der Waals surface area contributed by atoms with Crippen LogP contribution < -0.4 is 4.74 Å². The molecule has 1 fully saturated rings. The second-order valence-corrected chi connectivity index (χ2v) is 9.14. The van der Waals surface area contributed by atoms with Gasteiger partial charge in [-0.25, -0.2) is 0 Å². The molecule has 0 unspecified atom stereocenters. The van der Waals surface area contributed by atoms with E-state index in [9.17, 15) is 19.7 Å². The molecule has 0 bridgehead atoms. The number of nitro groups is 1. The molecule has 0 atom stereocenters. The SMILES string of the molecule is O=C1S/C(=C/c2cn(Cc3ccccc3)c3ccccc23)C(=O)N1CCOc1ccc([N+](=O)[O-])cc1. The van der Waals surface area contributed by atoms with Crippen molar-refractivity contribution in [3.05, 3.63) is 111 Å². The standard InChI is InChI=1S/C27H21N3O5S/c31-26-25(36-27(32)29(26)14-15-35-22-12-10-21(11-13-22)30(33)34)16-20-18-28(17-19-6-2-1-3-7-19)24-9-5-4-8-23(20)24/h1-13,16,18H,14-15,17H2/b25-16+. The first-order valence-electron chi connectivity index (χ1n) is 11.2. The summed E-state index contributed by atoms with van der Waals surface area (Å²) in [4.78, 5) is 37.3. The number of thioether (sulfide) groups is 1. The average Bonchev–Trinajstić information content (AvgIpc) is 3.36. The first-order chi connectivity index (χ1) is 17.5. The molecule has 180 valence electrons. The van der Waals surface area contributed by atoms with Crippen molar-refractivity contribution in [1.29, 1.82) is 0 Å². The molecule has 1 aliphatic heterocycles. The number of ether oxygens (including phenoxy) is 1. The largest absolute Gasteiger partial charge is 0.492 e. The van der Waals surface area contributed by atoms with Crippen molar-refractivity contribution in [2.75, 3.05) is 13.2 Å². The van der Waals surface area contributed by atoms with Gasteiger partial charge >= 0.3 is 0 Å². The molecule has 5 rings (SSSR count). The van der Waals surface area contributed by atoms with E-state index < -0.39 is 4.92 Å². The number of carbonyl (C=O) groups is 2. The zero-order valence-corrected chi connectivity index (χ0v) is 19.9. The number of nitrogens with zero attached hydrogens (tertiary/aromatic N) is 3. The first-order valence-corrected chi connectivity index (χ1v) is 12.1. The van der Waals surface area contributed by atoms with E-state index in [1.807, 2.05) is 48.7 Å². The van der Waals surface area contributed by atoms with E-state index in [1.54, 1.807) is 6.08 Å². The Hall–Kier alpha value is -4.37. The van der Waals surface area contributed by atoms with Gasteiger partial charge in [-0.15, -0.1) is 0 Å². The third kappa shape index (κ3) is 4.87. The Morgan fingerprint density at radius 2 is 1.67 bits per heavy atom. The number of imide groups is 1. The maximum atomic E-state index is 13.0. The minimum Gasteiger partial charge on any atom is -0.492 e. The topological polar surface area (TPSA) is 94.7 Å². The molecule has 3 aromatic carbocycles. The van der Waals surface area contributed by atoms with Gasteiger partial charge in [0.2, 0.25) is 0 Å². The number of rotatable bonds is 8. The predicted octanol–water partition coefficient (Wildman–Crippen LogP) is 5.71. The number of hydrogen-bond acceptors (Lipinski definition) is 6. The quantitative estimate of drug-likeness (QED) is 0.175. The minimum atomic E-state index is -0.491. The van der Waals surface area contributed by atoms with Crippen LogP contribution in [0.5, 0.6) is 5.75 Å². The van der Waals surface area contributed by atoms with Crippen LogP contribution in [0, 0.1) is 10.1 Å². The van der Waals surface area contributed by atoms with Gasteiger partial charge in [0, 0.05) is 41.3 Å². The number of amides is 2. The van der Waals surface area contributed by atoms with Gasteiger partial charge in [0.1, 0.15) is 12.4 Å². The molecule has 0 saturated carbocycles. The van der Waals surface area contributed by atoms with E-state index in [4.69, 9.17) is 4.74 Å². The Labute approximate surface area is 210 Å². The summed E-state index contributed by atoms with van der Waals surface area (Å²) in [6.45, 7) is 0.852. The fourth-order valence-electron chi connectivity index (χ4n) is 4.05. The second-order valence-electron chi connectivity index (χ2n) is 8.15. The molecule has 0 radical (unpaired) electrons. The van der Waals surface area contributed by atoms with Crippen molar-refractivity contribution < 1.29 is 19.2 Å². The summed E-state index contributed by atoms with van der Waals surface area (Å²) in [6.07, 6.45) is 3.77. The lowest BCUT2D eigenvalue weighted by atomic mass is 10.1. The van der Waals surface area contributed by atoms with Crippen molar-refractivity contribution in [3.63, 3.8) is 0 Å². The molecule has 36 heavy (non-hydrogen) atoms. The van der Waals surface area contributed by atoms with Crippen molar-refractivity contribution in [2.24, 2.45) is 0 Å². The van der Waals surface area contributed by atoms with E-state index in [2.05, 4.69) is 16.7 Å². The van der Waals surface area contributed by atoms with Crippen molar-refractivity contribution >= 4 is 45.6 Å². The van der Waals surface area contributed by atoms with Crippen LogP contribution in [-0.4, -0.2) is 38.7 Å². The van der Waals surface area contributed by atoms with Gasteiger partial charge in [0.05, 0.1) is 16.4 Å². The van der Waals surface area contributed by atoms with Gasteiger partial charge in [-0.2, -0.15) is 0 Å². The van der Waals surface area contributed by atoms with E-state index in [-0.39, 0.29) is 30.0 Å². The lowest BCUT2D eigenvalue weighted by Gasteiger charge is -2.13. The Balaban J connectivity index is 1.30. The van der Waals surface area contributed by atoms with Crippen LogP contribution in [-0.2, 0) is 11.3 Å². The summed E-state index contributed by atoms with van der Waals surface area (Å²) in [5.74, 6) is 0.0616. The average molecular weight is 500 g/mol. The van der Waals surface area contributed by atoms with Gasteiger partial charge in [-0.3, -0.25) is 24.6 Å². The molecule has 2 amide bonds. The molecular formula is C27H21N3O5S. The van der Waals surface area contributed by atoms with Crippen molar-refractivity contribution in [2.45, 2.75) is 6.54 Å². The number of benzene rings is 3. The summed E-state index contributed by atoms with van der Waals surface area (Å²) in [5.41, 5.74) is 3.04. The summed E-state index contributed by atoms with van der Waals surface area (Å²) >= 11 is 0.909. The Morgan fingerprint density at radius 3 is 2.42 bits per heavy atom. The van der Waals surface area contributed by atoms with E-state index in [0.717, 1.165) is 38.7 Å². The molecule has 0 spiro atoms. The van der Waals surface area contributed by atoms with Crippen LogP contribution in [0.3, 0.4) is 0 Å². The maximum absolute atomic E-state index is 13.0. The van der Waals surface area contributed by atoms with Crippen LogP contribution >= 0.6 is 11.8 Å². The summed E-state index contributed by atoms with van der Waals surface area (Å²) in [5, 5.41) is 11.4. The van der Waals surface area contributed by atoms with E-state index in [1.165, 1.54) is 24.3 Å². The van der Waals surface area contributed by atoms with Gasteiger partial charge in [-0.1, -0.05) is 48.5 Å². The molecule has 9 heteroatoms. The highest BCUT2D eigenvalue weighted by Crippen LogP contribution is 2.34. The summed E-state index contributed by atoms with van der Waals surface area (Å²) in [6, 6.07) is 23.7. The number of fused-ring (bicyclic) bond motifs is 1. The Kier molecular flexibility index (Phi) is 6.55. The zero-order valence-electron chi connectivity index (χ0n) is 19.1.